The minimum Gasteiger partial charge on any atom is -0.370 e. The highest BCUT2D eigenvalue weighted by Gasteiger charge is 2.18. The molecule has 7 heteroatoms. The van der Waals surface area contributed by atoms with Crippen molar-refractivity contribution in [1.82, 2.24) is 10.2 Å². The largest absolute Gasteiger partial charge is 0.370 e. The number of hydrogen-bond acceptors (Lipinski definition) is 3. The molecule has 3 N–H and O–H groups in total. The van der Waals surface area contributed by atoms with Gasteiger partial charge in [-0.15, -0.1) is 0 Å². The standard InChI is InChI=1S/C20H24ClN5O/c1-23-19(27)16-4-2-15(3-5-16)14-24-20(22)26-12-10-25(11-13-26)18-8-6-17(21)7-9-18/h2-9H,10-14H2,1H3,(H2,22,24)(H,23,27). The van der Waals surface area contributed by atoms with Gasteiger partial charge in [0, 0.05) is 49.5 Å². The molecule has 1 fully saturated rings. The molecule has 1 saturated heterocycles. The van der Waals surface area contributed by atoms with Gasteiger partial charge in [0.2, 0.25) is 0 Å². The van der Waals surface area contributed by atoms with E-state index in [9.17, 15) is 4.79 Å². The highest BCUT2D eigenvalue weighted by molar-refractivity contribution is 6.30. The fraction of sp³-hybridized carbons (Fsp3) is 0.300. The van der Waals surface area contributed by atoms with Crippen LogP contribution in [-0.4, -0.2) is 50.0 Å². The monoisotopic (exact) mass is 385 g/mol. The zero-order chi connectivity index (χ0) is 19.2. The average molecular weight is 386 g/mol. The number of anilines is 1. The lowest BCUT2D eigenvalue weighted by atomic mass is 10.1. The van der Waals surface area contributed by atoms with Crippen molar-refractivity contribution in [1.29, 1.82) is 0 Å². The molecule has 2 aromatic carbocycles. The molecule has 0 spiro atoms. The van der Waals surface area contributed by atoms with Gasteiger partial charge < -0.3 is 20.9 Å². The fourth-order valence-electron chi connectivity index (χ4n) is 3.02. The normalized spacial score (nSPS) is 15.0. The van der Waals surface area contributed by atoms with Crippen molar-refractivity contribution in [3.05, 3.63) is 64.7 Å². The number of amides is 1. The SMILES string of the molecule is CNC(=O)c1ccc(CN=C(N)N2CCN(c3ccc(Cl)cc3)CC2)cc1. The highest BCUT2D eigenvalue weighted by atomic mass is 35.5. The van der Waals surface area contributed by atoms with Crippen molar-refractivity contribution in [2.75, 3.05) is 38.1 Å². The number of halogens is 1. The van der Waals surface area contributed by atoms with Gasteiger partial charge in [0.05, 0.1) is 6.54 Å². The van der Waals surface area contributed by atoms with Gasteiger partial charge in [0.15, 0.2) is 5.96 Å². The van der Waals surface area contributed by atoms with Crippen LogP contribution in [0, 0.1) is 0 Å². The number of nitrogens with two attached hydrogens (primary N) is 1. The molecular weight excluding hydrogens is 362 g/mol. The van der Waals surface area contributed by atoms with E-state index in [0.29, 0.717) is 18.1 Å². The van der Waals surface area contributed by atoms with E-state index < -0.39 is 0 Å². The molecule has 1 heterocycles. The number of rotatable bonds is 4. The van der Waals surface area contributed by atoms with Gasteiger partial charge in [0.1, 0.15) is 0 Å². The van der Waals surface area contributed by atoms with Gasteiger partial charge in [-0.05, 0) is 42.0 Å². The number of aliphatic imine (C=N–C) groups is 1. The predicted molar refractivity (Wildman–Crippen MR) is 110 cm³/mol. The molecule has 0 atom stereocenters. The van der Waals surface area contributed by atoms with Crippen LogP contribution in [0.25, 0.3) is 0 Å². The highest BCUT2D eigenvalue weighted by Crippen LogP contribution is 2.19. The van der Waals surface area contributed by atoms with Crippen LogP contribution in [0.1, 0.15) is 15.9 Å². The molecule has 0 aliphatic carbocycles. The summed E-state index contributed by atoms with van der Waals surface area (Å²) in [5, 5.41) is 3.36. The second-order valence-electron chi connectivity index (χ2n) is 6.40. The number of guanidine groups is 1. The summed E-state index contributed by atoms with van der Waals surface area (Å²) < 4.78 is 0. The third-order valence-corrected chi connectivity index (χ3v) is 4.91. The maximum Gasteiger partial charge on any atom is 0.251 e. The van der Waals surface area contributed by atoms with Gasteiger partial charge in [-0.1, -0.05) is 23.7 Å². The molecular formula is C20H24ClN5O. The molecule has 0 saturated carbocycles. The van der Waals surface area contributed by atoms with E-state index in [1.165, 1.54) is 5.69 Å². The first-order valence-electron chi connectivity index (χ1n) is 8.93. The van der Waals surface area contributed by atoms with E-state index in [1.807, 2.05) is 36.4 Å². The third-order valence-electron chi connectivity index (χ3n) is 4.66. The van der Waals surface area contributed by atoms with Crippen LogP contribution in [0.3, 0.4) is 0 Å². The summed E-state index contributed by atoms with van der Waals surface area (Å²) in [4.78, 5) is 20.5. The molecule has 142 valence electrons. The zero-order valence-corrected chi connectivity index (χ0v) is 16.1. The molecule has 1 amide bonds. The third kappa shape index (κ3) is 4.92. The molecule has 1 aliphatic heterocycles. The summed E-state index contributed by atoms with van der Waals surface area (Å²) in [6.45, 7) is 3.93. The quantitative estimate of drug-likeness (QED) is 0.625. The zero-order valence-electron chi connectivity index (χ0n) is 15.4. The first-order chi connectivity index (χ1) is 13.1. The number of benzene rings is 2. The van der Waals surface area contributed by atoms with Crippen molar-refractivity contribution in [2.45, 2.75) is 6.54 Å². The minimum absolute atomic E-state index is 0.0943. The Bertz CT molecular complexity index is 796. The van der Waals surface area contributed by atoms with Gasteiger partial charge in [-0.25, -0.2) is 4.99 Å². The lowest BCUT2D eigenvalue weighted by Crippen LogP contribution is -2.51. The van der Waals surface area contributed by atoms with Crippen LogP contribution < -0.4 is 16.0 Å². The Morgan fingerprint density at radius 1 is 1.07 bits per heavy atom. The predicted octanol–water partition coefficient (Wildman–Crippen LogP) is 2.34. The van der Waals surface area contributed by atoms with Crippen LogP contribution in [0.15, 0.2) is 53.5 Å². The van der Waals surface area contributed by atoms with Gasteiger partial charge in [-0.3, -0.25) is 4.79 Å². The van der Waals surface area contributed by atoms with Crippen molar-refractivity contribution < 1.29 is 4.79 Å². The van der Waals surface area contributed by atoms with Crippen molar-refractivity contribution in [3.8, 4) is 0 Å². The van der Waals surface area contributed by atoms with Gasteiger partial charge in [0.25, 0.3) is 5.91 Å². The second kappa shape index (κ2) is 8.77. The number of carbonyl (C=O) groups is 1. The molecule has 3 rings (SSSR count). The fourth-order valence-corrected chi connectivity index (χ4v) is 3.15. The number of nitrogens with zero attached hydrogens (tertiary/aromatic N) is 3. The molecule has 27 heavy (non-hydrogen) atoms. The summed E-state index contributed by atoms with van der Waals surface area (Å²) >= 11 is 5.95. The Kier molecular flexibility index (Phi) is 6.19. The van der Waals surface area contributed by atoms with Crippen LogP contribution in [0.5, 0.6) is 0 Å². The van der Waals surface area contributed by atoms with Crippen molar-refractivity contribution >= 4 is 29.2 Å². The lowest BCUT2D eigenvalue weighted by molar-refractivity contribution is 0.0963. The number of piperazine rings is 1. The van der Waals surface area contributed by atoms with E-state index in [1.54, 1.807) is 19.2 Å². The van der Waals surface area contributed by atoms with E-state index >= 15 is 0 Å². The number of nitrogens with one attached hydrogen (secondary N) is 1. The molecule has 6 nitrogen and oxygen atoms in total. The first-order valence-corrected chi connectivity index (χ1v) is 9.31. The Morgan fingerprint density at radius 3 is 2.30 bits per heavy atom. The number of carbonyl (C=O) groups excluding carboxylic acids is 1. The lowest BCUT2D eigenvalue weighted by Gasteiger charge is -2.36. The van der Waals surface area contributed by atoms with E-state index in [0.717, 1.165) is 36.8 Å². The molecule has 2 aromatic rings. The Morgan fingerprint density at radius 2 is 1.70 bits per heavy atom. The molecule has 0 unspecified atom stereocenters. The van der Waals surface area contributed by atoms with E-state index in [-0.39, 0.29) is 5.91 Å². The Labute approximate surface area is 164 Å². The van der Waals surface area contributed by atoms with Crippen molar-refractivity contribution in [3.63, 3.8) is 0 Å². The summed E-state index contributed by atoms with van der Waals surface area (Å²) in [5.41, 5.74) is 9.00. The molecule has 0 aromatic heterocycles. The first kappa shape index (κ1) is 19.0. The van der Waals surface area contributed by atoms with Crippen LogP contribution in [0.4, 0.5) is 5.69 Å². The maximum absolute atomic E-state index is 11.6. The molecule has 0 bridgehead atoms. The molecule has 1 aliphatic rings. The Balaban J connectivity index is 1.53. The van der Waals surface area contributed by atoms with E-state index in [4.69, 9.17) is 17.3 Å². The topological polar surface area (TPSA) is 74.0 Å². The second-order valence-corrected chi connectivity index (χ2v) is 6.84. The van der Waals surface area contributed by atoms with Crippen LogP contribution in [0.2, 0.25) is 5.02 Å². The van der Waals surface area contributed by atoms with Crippen LogP contribution >= 0.6 is 11.6 Å². The summed E-state index contributed by atoms with van der Waals surface area (Å²) in [6, 6.07) is 15.3. The van der Waals surface area contributed by atoms with Crippen LogP contribution in [-0.2, 0) is 6.54 Å². The minimum atomic E-state index is -0.0943. The smallest absolute Gasteiger partial charge is 0.251 e. The summed E-state index contributed by atoms with van der Waals surface area (Å²) in [5.74, 6) is 0.462. The maximum atomic E-state index is 11.6. The summed E-state index contributed by atoms with van der Waals surface area (Å²) in [7, 11) is 1.62. The Hall–Kier alpha value is -2.73. The molecule has 0 radical (unpaired) electrons. The van der Waals surface area contributed by atoms with Gasteiger partial charge >= 0.3 is 0 Å². The summed E-state index contributed by atoms with van der Waals surface area (Å²) in [6.07, 6.45) is 0. The number of hydrogen-bond donors (Lipinski definition) is 2. The average Bonchev–Trinajstić information content (AvgIpc) is 2.72. The van der Waals surface area contributed by atoms with Crippen molar-refractivity contribution in [2.24, 2.45) is 10.7 Å². The van der Waals surface area contributed by atoms with Gasteiger partial charge in [-0.2, -0.15) is 0 Å². The van der Waals surface area contributed by atoms with E-state index in [2.05, 4.69) is 20.1 Å².